The highest BCUT2D eigenvalue weighted by Crippen LogP contribution is 2.33. The summed E-state index contributed by atoms with van der Waals surface area (Å²) >= 11 is 0. The maximum absolute atomic E-state index is 13.4. The van der Waals surface area contributed by atoms with E-state index in [4.69, 9.17) is 10.1 Å². The number of piperidine rings is 1. The van der Waals surface area contributed by atoms with Crippen LogP contribution in [-0.2, 0) is 6.54 Å². The van der Waals surface area contributed by atoms with E-state index < -0.39 is 18.6 Å². The Kier molecular flexibility index (Phi) is 5.49. The van der Waals surface area contributed by atoms with Crippen molar-refractivity contribution >= 4 is 23.1 Å². The van der Waals surface area contributed by atoms with Crippen molar-refractivity contribution in [1.29, 1.82) is 0 Å². The second-order valence-corrected chi connectivity index (χ2v) is 9.86. The van der Waals surface area contributed by atoms with Crippen molar-refractivity contribution < 1.29 is 18.0 Å². The summed E-state index contributed by atoms with van der Waals surface area (Å²) < 4.78 is 41.4. The number of amides is 1. The second-order valence-electron chi connectivity index (χ2n) is 9.86. The van der Waals surface area contributed by atoms with Gasteiger partial charge in [0.2, 0.25) is 0 Å². The van der Waals surface area contributed by atoms with Crippen LogP contribution in [0.15, 0.2) is 29.5 Å². The number of anilines is 1. The first-order valence-corrected chi connectivity index (χ1v) is 12.3. The lowest BCUT2D eigenvalue weighted by molar-refractivity contribution is -0.142. The molecule has 3 aromatic rings. The number of carbonyl (C=O) groups is 1. The fourth-order valence-electron chi connectivity index (χ4n) is 5.47. The maximum atomic E-state index is 13.4. The van der Waals surface area contributed by atoms with Gasteiger partial charge in [-0.3, -0.25) is 14.5 Å². The van der Waals surface area contributed by atoms with Crippen LogP contribution in [0.5, 0.6) is 0 Å². The number of hydrogen-bond donors (Lipinski definition) is 0. The van der Waals surface area contributed by atoms with Crippen LogP contribution in [0.3, 0.4) is 0 Å². The van der Waals surface area contributed by atoms with E-state index in [2.05, 4.69) is 15.0 Å². The molecule has 0 bridgehead atoms. The first-order valence-electron chi connectivity index (χ1n) is 12.3. The van der Waals surface area contributed by atoms with Gasteiger partial charge < -0.3 is 9.80 Å². The van der Waals surface area contributed by atoms with Gasteiger partial charge in [-0.2, -0.15) is 23.4 Å². The quantitative estimate of drug-likeness (QED) is 0.536. The van der Waals surface area contributed by atoms with Gasteiger partial charge in [-0.25, -0.2) is 9.50 Å². The normalized spacial score (nSPS) is 22.4. The van der Waals surface area contributed by atoms with Gasteiger partial charge in [0.25, 0.3) is 5.91 Å². The van der Waals surface area contributed by atoms with Crippen molar-refractivity contribution in [2.75, 3.05) is 31.1 Å². The van der Waals surface area contributed by atoms with Gasteiger partial charge in [0.05, 0.1) is 18.3 Å². The van der Waals surface area contributed by atoms with Crippen molar-refractivity contribution in [3.63, 3.8) is 0 Å². The molecule has 0 radical (unpaired) electrons. The Morgan fingerprint density at radius 2 is 2.03 bits per heavy atom. The van der Waals surface area contributed by atoms with Crippen LogP contribution in [0, 0.1) is 12.8 Å². The lowest BCUT2D eigenvalue weighted by Crippen LogP contribution is -2.40. The Hall–Kier alpha value is -3.44. The molecule has 3 aromatic heterocycles. The summed E-state index contributed by atoms with van der Waals surface area (Å²) in [5.41, 5.74) is 3.64. The summed E-state index contributed by atoms with van der Waals surface area (Å²) in [6.45, 7) is 3.91. The number of rotatable bonds is 5. The Morgan fingerprint density at radius 1 is 1.19 bits per heavy atom. The van der Waals surface area contributed by atoms with E-state index >= 15 is 0 Å². The number of aliphatic imine (C=N–C) groups is 1. The second kappa shape index (κ2) is 8.59. The van der Waals surface area contributed by atoms with Gasteiger partial charge in [-0.05, 0) is 38.7 Å². The summed E-state index contributed by atoms with van der Waals surface area (Å²) in [6.07, 6.45) is 2.18. The molecule has 6 heterocycles. The van der Waals surface area contributed by atoms with Gasteiger partial charge in [0.1, 0.15) is 18.1 Å². The number of aromatic nitrogens is 5. The molecule has 190 valence electrons. The van der Waals surface area contributed by atoms with Crippen LogP contribution >= 0.6 is 0 Å². The van der Waals surface area contributed by atoms with Gasteiger partial charge in [-0.15, -0.1) is 0 Å². The summed E-state index contributed by atoms with van der Waals surface area (Å²) in [6, 6.07) is 2.90. The first-order chi connectivity index (χ1) is 17.3. The minimum Gasteiger partial charge on any atom is -0.356 e. The molecule has 3 aliphatic rings. The zero-order chi connectivity index (χ0) is 25.0. The number of hydrogen-bond acceptors (Lipinski definition) is 6. The molecule has 2 atom stereocenters. The van der Waals surface area contributed by atoms with Crippen molar-refractivity contribution in [1.82, 2.24) is 29.3 Å². The van der Waals surface area contributed by atoms with E-state index in [1.165, 1.54) is 18.0 Å². The number of carbonyl (C=O) groups excluding carboxylic acids is 1. The number of fused-ring (bicyclic) bond motifs is 1. The summed E-state index contributed by atoms with van der Waals surface area (Å²) in [4.78, 5) is 26.6. The smallest absolute Gasteiger partial charge is 0.356 e. The SMILES string of the molecule is Cc1cn2nc([C@@H]3CCCCN3C(=O)c3ccnn3CC(F)(F)F)cc2nc1N1CC[C@H](C2=NC2)C1. The van der Waals surface area contributed by atoms with Crippen LogP contribution in [0.4, 0.5) is 19.0 Å². The number of nitrogens with zero attached hydrogens (tertiary/aromatic N) is 8. The first kappa shape index (κ1) is 23.0. The monoisotopic (exact) mass is 500 g/mol. The predicted molar refractivity (Wildman–Crippen MR) is 126 cm³/mol. The van der Waals surface area contributed by atoms with E-state index in [0.29, 0.717) is 30.2 Å². The molecule has 12 heteroatoms. The summed E-state index contributed by atoms with van der Waals surface area (Å²) in [5, 5.41) is 8.47. The third-order valence-corrected chi connectivity index (χ3v) is 7.29. The molecule has 36 heavy (non-hydrogen) atoms. The lowest BCUT2D eigenvalue weighted by atomic mass is 9.99. The Bertz CT molecular complexity index is 1340. The van der Waals surface area contributed by atoms with Gasteiger partial charge in [0, 0.05) is 55.3 Å². The third-order valence-electron chi connectivity index (χ3n) is 7.29. The highest BCUT2D eigenvalue weighted by Gasteiger charge is 2.36. The van der Waals surface area contributed by atoms with Crippen molar-refractivity contribution in [2.45, 2.75) is 51.4 Å². The van der Waals surface area contributed by atoms with Crippen LogP contribution < -0.4 is 4.90 Å². The summed E-state index contributed by atoms with van der Waals surface area (Å²) in [7, 11) is 0. The number of halogens is 3. The standard InChI is InChI=1S/C24H27F3N8O/c1-15-12-34-21(30-22(15)32-9-6-16(13-32)18-11-28-18)10-17(31-34)19-4-2-3-8-33(19)23(36)20-5-7-29-35(20)14-24(25,26)27/h5,7,10,12,16,19H,2-4,6,8-9,11,13-14H2,1H3/t16-,19-/m0/s1. The van der Waals surface area contributed by atoms with E-state index in [-0.39, 0.29) is 11.7 Å². The molecule has 0 N–H and O–H groups in total. The number of likely N-dealkylation sites (tertiary alicyclic amines) is 1. The van der Waals surface area contributed by atoms with Gasteiger partial charge in [-0.1, -0.05) is 0 Å². The van der Waals surface area contributed by atoms with Crippen molar-refractivity contribution in [3.8, 4) is 0 Å². The minimum atomic E-state index is -4.47. The molecule has 0 saturated carbocycles. The molecule has 3 aliphatic heterocycles. The number of alkyl halides is 3. The highest BCUT2D eigenvalue weighted by molar-refractivity contribution is 5.99. The molecule has 9 nitrogen and oxygen atoms in total. The average Bonchev–Trinajstić information content (AvgIpc) is 3.21. The van der Waals surface area contributed by atoms with Crippen LogP contribution in [0.25, 0.3) is 5.65 Å². The average molecular weight is 501 g/mol. The van der Waals surface area contributed by atoms with Crippen molar-refractivity contribution in [2.24, 2.45) is 10.9 Å². The van der Waals surface area contributed by atoms with Crippen LogP contribution in [0.2, 0.25) is 0 Å². The molecule has 2 saturated heterocycles. The molecule has 6 rings (SSSR count). The molecule has 1 amide bonds. The fourth-order valence-corrected chi connectivity index (χ4v) is 5.47. The Labute approximate surface area is 205 Å². The third kappa shape index (κ3) is 4.33. The zero-order valence-electron chi connectivity index (χ0n) is 19.9. The fraction of sp³-hybridized carbons (Fsp3) is 0.542. The van der Waals surface area contributed by atoms with Gasteiger partial charge in [0.15, 0.2) is 5.65 Å². The summed E-state index contributed by atoms with van der Waals surface area (Å²) in [5.74, 6) is 0.982. The molecular weight excluding hydrogens is 473 g/mol. The highest BCUT2D eigenvalue weighted by atomic mass is 19.4. The van der Waals surface area contributed by atoms with Crippen LogP contribution in [-0.4, -0.2) is 73.3 Å². The molecule has 0 aliphatic carbocycles. The molecule has 2 fully saturated rings. The van der Waals surface area contributed by atoms with E-state index in [1.807, 2.05) is 19.2 Å². The topological polar surface area (TPSA) is 83.9 Å². The largest absolute Gasteiger partial charge is 0.408 e. The molecule has 0 unspecified atom stereocenters. The maximum Gasteiger partial charge on any atom is 0.408 e. The molecule has 0 spiro atoms. The Morgan fingerprint density at radius 3 is 2.81 bits per heavy atom. The van der Waals surface area contributed by atoms with Crippen LogP contribution in [0.1, 0.15) is 53.5 Å². The molecule has 0 aromatic carbocycles. The minimum absolute atomic E-state index is 0.0666. The van der Waals surface area contributed by atoms with Gasteiger partial charge >= 0.3 is 6.18 Å². The number of aryl methyl sites for hydroxylation is 1. The van der Waals surface area contributed by atoms with E-state index in [0.717, 1.165) is 55.0 Å². The lowest BCUT2D eigenvalue weighted by Gasteiger charge is -2.34. The zero-order valence-corrected chi connectivity index (χ0v) is 19.9. The van der Waals surface area contributed by atoms with E-state index in [9.17, 15) is 18.0 Å². The molecular formula is C24H27F3N8O. The predicted octanol–water partition coefficient (Wildman–Crippen LogP) is 3.44. The Balaban J connectivity index is 1.27. The van der Waals surface area contributed by atoms with Crippen molar-refractivity contribution in [3.05, 3.63) is 41.5 Å². The van der Waals surface area contributed by atoms with E-state index in [1.54, 1.807) is 9.42 Å².